The van der Waals surface area contributed by atoms with Gasteiger partial charge in [0, 0.05) is 7.05 Å². The zero-order chi connectivity index (χ0) is 9.30. The van der Waals surface area contributed by atoms with Crippen LogP contribution in [0.5, 0.6) is 0 Å². The van der Waals surface area contributed by atoms with Gasteiger partial charge >= 0.3 is 0 Å². The number of nitrogens with two attached hydrogens (primary N) is 2. The summed E-state index contributed by atoms with van der Waals surface area (Å²) in [7, 11) is 1.74. The quantitative estimate of drug-likeness (QED) is 0.627. The summed E-state index contributed by atoms with van der Waals surface area (Å²) < 4.78 is 1.63. The summed E-state index contributed by atoms with van der Waals surface area (Å²) in [5.41, 5.74) is 10.8. The fourth-order valence-electron chi connectivity index (χ4n) is 0.854. The van der Waals surface area contributed by atoms with Crippen molar-refractivity contribution in [1.82, 2.24) is 9.55 Å². The number of imidazole rings is 1. The molecule has 0 aliphatic rings. The maximum Gasteiger partial charge on any atom is 0.271 e. The molecule has 0 saturated heterocycles. The predicted molar refractivity (Wildman–Crippen MR) is 47.9 cm³/mol. The molecule has 1 amide bonds. The van der Waals surface area contributed by atoms with Crippen LogP contribution in [-0.4, -0.2) is 21.7 Å². The fraction of sp³-hybridized carbons (Fsp3) is 0.333. The van der Waals surface area contributed by atoms with Gasteiger partial charge in [-0.05, 0) is 6.26 Å². The lowest BCUT2D eigenvalue weighted by Crippen LogP contribution is -2.14. The van der Waals surface area contributed by atoms with Crippen LogP contribution in [0.1, 0.15) is 10.5 Å². The molecule has 0 aromatic carbocycles. The lowest BCUT2D eigenvalue weighted by Gasteiger charge is -1.97. The van der Waals surface area contributed by atoms with Crippen molar-refractivity contribution in [2.45, 2.75) is 5.16 Å². The standard InChI is InChI=1S/C6H10N4OS/c1-10-4(7)3(5(8)11)9-6(10)12-2/h7H2,1-2H3,(H2,8,11). The largest absolute Gasteiger partial charge is 0.383 e. The van der Waals surface area contributed by atoms with Crippen molar-refractivity contribution in [3.8, 4) is 0 Å². The van der Waals surface area contributed by atoms with Gasteiger partial charge in [0.1, 0.15) is 5.82 Å². The topological polar surface area (TPSA) is 86.9 Å². The van der Waals surface area contributed by atoms with Crippen molar-refractivity contribution >= 4 is 23.5 Å². The number of carbonyl (C=O) groups excluding carboxylic acids is 1. The van der Waals surface area contributed by atoms with Crippen molar-refractivity contribution in [3.05, 3.63) is 5.69 Å². The first-order valence-electron chi connectivity index (χ1n) is 3.24. The lowest BCUT2D eigenvalue weighted by atomic mass is 10.4. The van der Waals surface area contributed by atoms with Crippen LogP contribution in [-0.2, 0) is 7.05 Å². The highest BCUT2D eigenvalue weighted by atomic mass is 32.2. The van der Waals surface area contributed by atoms with Gasteiger partial charge < -0.3 is 16.0 Å². The van der Waals surface area contributed by atoms with Gasteiger partial charge in [0.05, 0.1) is 0 Å². The van der Waals surface area contributed by atoms with E-state index in [4.69, 9.17) is 11.5 Å². The Morgan fingerprint density at radius 2 is 2.25 bits per heavy atom. The van der Waals surface area contributed by atoms with E-state index in [-0.39, 0.29) is 5.69 Å². The average Bonchev–Trinajstić information content (AvgIpc) is 2.30. The number of amides is 1. The molecule has 4 N–H and O–H groups in total. The fourth-order valence-corrected chi connectivity index (χ4v) is 1.41. The summed E-state index contributed by atoms with van der Waals surface area (Å²) in [6.45, 7) is 0. The van der Waals surface area contributed by atoms with Gasteiger partial charge in [-0.3, -0.25) is 4.79 Å². The molecule has 1 aromatic heterocycles. The molecule has 66 valence electrons. The number of nitrogen functional groups attached to an aromatic ring is 1. The number of nitrogens with zero attached hydrogens (tertiary/aromatic N) is 2. The number of carbonyl (C=O) groups is 1. The van der Waals surface area contributed by atoms with E-state index < -0.39 is 5.91 Å². The predicted octanol–water partition coefficient (Wildman–Crippen LogP) is -0.177. The van der Waals surface area contributed by atoms with Gasteiger partial charge in [-0.1, -0.05) is 11.8 Å². The normalized spacial score (nSPS) is 10.2. The van der Waals surface area contributed by atoms with E-state index in [2.05, 4.69) is 4.98 Å². The Morgan fingerprint density at radius 1 is 1.67 bits per heavy atom. The molecule has 0 atom stereocenters. The number of hydrogen-bond acceptors (Lipinski definition) is 4. The van der Waals surface area contributed by atoms with Gasteiger partial charge in [-0.25, -0.2) is 4.98 Å². The van der Waals surface area contributed by atoms with Gasteiger partial charge in [-0.15, -0.1) is 0 Å². The van der Waals surface area contributed by atoms with E-state index in [0.717, 1.165) is 0 Å². The molecule has 1 aromatic rings. The van der Waals surface area contributed by atoms with E-state index in [1.165, 1.54) is 11.8 Å². The van der Waals surface area contributed by atoms with Crippen LogP contribution >= 0.6 is 11.8 Å². The molecule has 0 bridgehead atoms. The van der Waals surface area contributed by atoms with E-state index in [1.807, 2.05) is 6.26 Å². The van der Waals surface area contributed by atoms with Crippen molar-refractivity contribution < 1.29 is 4.79 Å². The van der Waals surface area contributed by atoms with Crippen LogP contribution in [0, 0.1) is 0 Å². The molecular weight excluding hydrogens is 176 g/mol. The number of primary amides is 1. The molecular formula is C6H10N4OS. The zero-order valence-corrected chi connectivity index (χ0v) is 7.68. The Morgan fingerprint density at radius 3 is 2.50 bits per heavy atom. The molecule has 0 radical (unpaired) electrons. The Kier molecular flexibility index (Phi) is 2.27. The van der Waals surface area contributed by atoms with Crippen molar-refractivity contribution in [3.63, 3.8) is 0 Å². The minimum atomic E-state index is -0.594. The third-order valence-electron chi connectivity index (χ3n) is 1.51. The SMILES string of the molecule is CSc1nc(C(N)=O)c(N)n1C. The number of anilines is 1. The lowest BCUT2D eigenvalue weighted by molar-refractivity contribution is 0.0996. The van der Waals surface area contributed by atoms with Crippen molar-refractivity contribution in [2.75, 3.05) is 12.0 Å². The summed E-state index contributed by atoms with van der Waals surface area (Å²) in [4.78, 5) is 14.7. The minimum Gasteiger partial charge on any atom is -0.383 e. The van der Waals surface area contributed by atoms with Crippen LogP contribution < -0.4 is 11.5 Å². The summed E-state index contributed by atoms with van der Waals surface area (Å²) in [5, 5.41) is 0.682. The van der Waals surface area contributed by atoms with Gasteiger partial charge in [0.2, 0.25) is 0 Å². The Hall–Kier alpha value is -1.17. The van der Waals surface area contributed by atoms with E-state index >= 15 is 0 Å². The van der Waals surface area contributed by atoms with Gasteiger partial charge in [0.15, 0.2) is 10.9 Å². The maximum atomic E-state index is 10.8. The zero-order valence-electron chi connectivity index (χ0n) is 6.87. The van der Waals surface area contributed by atoms with Gasteiger partial charge in [-0.2, -0.15) is 0 Å². The monoisotopic (exact) mass is 186 g/mol. The summed E-state index contributed by atoms with van der Waals surface area (Å²) in [6, 6.07) is 0. The molecule has 0 fully saturated rings. The van der Waals surface area contributed by atoms with Crippen LogP contribution in [0.3, 0.4) is 0 Å². The smallest absolute Gasteiger partial charge is 0.271 e. The minimum absolute atomic E-state index is 0.141. The van der Waals surface area contributed by atoms with Crippen LogP contribution in [0.15, 0.2) is 5.16 Å². The molecule has 0 aliphatic heterocycles. The summed E-state index contributed by atoms with van der Waals surface area (Å²) in [6.07, 6.45) is 1.85. The molecule has 6 heteroatoms. The highest BCUT2D eigenvalue weighted by molar-refractivity contribution is 7.98. The number of hydrogen-bond donors (Lipinski definition) is 2. The molecule has 12 heavy (non-hydrogen) atoms. The number of aromatic nitrogens is 2. The first kappa shape index (κ1) is 8.92. The second-order valence-corrected chi connectivity index (χ2v) is 3.03. The Balaban J connectivity index is 3.25. The van der Waals surface area contributed by atoms with Gasteiger partial charge in [0.25, 0.3) is 5.91 Å². The highest BCUT2D eigenvalue weighted by Gasteiger charge is 2.14. The summed E-state index contributed by atoms with van der Waals surface area (Å²) >= 11 is 1.41. The first-order valence-corrected chi connectivity index (χ1v) is 4.46. The molecule has 1 rings (SSSR count). The third kappa shape index (κ3) is 1.25. The molecule has 1 heterocycles. The Bertz CT molecular complexity index is 320. The number of thioether (sulfide) groups is 1. The van der Waals surface area contributed by atoms with E-state index in [1.54, 1.807) is 11.6 Å². The highest BCUT2D eigenvalue weighted by Crippen LogP contribution is 2.19. The molecule has 0 saturated carbocycles. The third-order valence-corrected chi connectivity index (χ3v) is 2.24. The van der Waals surface area contributed by atoms with E-state index in [0.29, 0.717) is 11.0 Å². The maximum absolute atomic E-state index is 10.8. The van der Waals surface area contributed by atoms with Crippen molar-refractivity contribution in [2.24, 2.45) is 12.8 Å². The van der Waals surface area contributed by atoms with Crippen LogP contribution in [0.4, 0.5) is 5.82 Å². The molecule has 5 nitrogen and oxygen atoms in total. The average molecular weight is 186 g/mol. The first-order chi connectivity index (χ1) is 5.57. The Labute approximate surface area is 74.1 Å². The van der Waals surface area contributed by atoms with Crippen LogP contribution in [0.25, 0.3) is 0 Å². The van der Waals surface area contributed by atoms with Crippen molar-refractivity contribution in [1.29, 1.82) is 0 Å². The second-order valence-electron chi connectivity index (χ2n) is 2.26. The molecule has 0 spiro atoms. The molecule has 0 aliphatic carbocycles. The second kappa shape index (κ2) is 3.06. The number of rotatable bonds is 2. The van der Waals surface area contributed by atoms with Crippen LogP contribution in [0.2, 0.25) is 0 Å². The molecule has 0 unspecified atom stereocenters. The summed E-state index contributed by atoms with van der Waals surface area (Å²) in [5.74, 6) is -0.282. The van der Waals surface area contributed by atoms with E-state index in [9.17, 15) is 4.79 Å².